The fourth-order valence-electron chi connectivity index (χ4n) is 3.91. The van der Waals surface area contributed by atoms with E-state index >= 15 is 0 Å². The monoisotopic (exact) mass is 493 g/mol. The van der Waals surface area contributed by atoms with Gasteiger partial charge in [-0.2, -0.15) is 0 Å². The first-order valence-corrected chi connectivity index (χ1v) is 11.2. The molecule has 4 rings (SSSR count). The smallest absolute Gasteiger partial charge is 0.248 e. The Bertz CT molecular complexity index is 1460. The van der Waals surface area contributed by atoms with E-state index in [9.17, 15) is 13.6 Å². The van der Waals surface area contributed by atoms with Gasteiger partial charge in [-0.3, -0.25) is 4.79 Å². The molecule has 8 heteroatoms. The van der Waals surface area contributed by atoms with Gasteiger partial charge in [-0.25, -0.2) is 8.78 Å². The summed E-state index contributed by atoms with van der Waals surface area (Å²) in [7, 11) is 3.17. The maximum absolute atomic E-state index is 14.0. The minimum absolute atomic E-state index is 0.117. The predicted molar refractivity (Wildman–Crippen MR) is 135 cm³/mol. The molecule has 0 aliphatic carbocycles. The van der Waals surface area contributed by atoms with E-state index < -0.39 is 17.5 Å². The third-order valence-electron chi connectivity index (χ3n) is 5.63. The van der Waals surface area contributed by atoms with Gasteiger partial charge in [0.25, 0.3) is 0 Å². The third-order valence-corrected chi connectivity index (χ3v) is 5.63. The van der Waals surface area contributed by atoms with Crippen molar-refractivity contribution in [2.75, 3.05) is 26.1 Å². The van der Waals surface area contributed by atoms with Crippen molar-refractivity contribution < 1.29 is 32.2 Å². The van der Waals surface area contributed by atoms with Crippen LogP contribution in [0.15, 0.2) is 65.3 Å². The van der Waals surface area contributed by atoms with Gasteiger partial charge in [0.1, 0.15) is 34.5 Å². The number of halogens is 2. The van der Waals surface area contributed by atoms with Gasteiger partial charge in [0.15, 0.2) is 0 Å². The number of benzene rings is 3. The molecular weight excluding hydrogens is 468 g/mol. The van der Waals surface area contributed by atoms with Crippen LogP contribution in [0.1, 0.15) is 19.4 Å². The summed E-state index contributed by atoms with van der Waals surface area (Å²) in [6.07, 6.45) is 2.96. The fourth-order valence-corrected chi connectivity index (χ4v) is 3.91. The summed E-state index contributed by atoms with van der Waals surface area (Å²) in [6, 6.07) is 12.1. The van der Waals surface area contributed by atoms with Gasteiger partial charge >= 0.3 is 0 Å². The molecule has 1 N–H and O–H groups in total. The van der Waals surface area contributed by atoms with Crippen LogP contribution in [0.2, 0.25) is 0 Å². The molecule has 0 aliphatic rings. The third kappa shape index (κ3) is 5.02. The van der Waals surface area contributed by atoms with Crippen LogP contribution < -0.4 is 19.5 Å². The van der Waals surface area contributed by atoms with Crippen LogP contribution in [0.25, 0.3) is 27.7 Å². The summed E-state index contributed by atoms with van der Waals surface area (Å²) in [6.45, 7) is 4.00. The minimum atomic E-state index is -0.860. The Kier molecular flexibility index (Phi) is 7.24. The molecule has 1 heterocycles. The Morgan fingerprint density at radius 2 is 1.81 bits per heavy atom. The molecule has 3 aromatic carbocycles. The number of fused-ring (bicyclic) bond motifs is 1. The van der Waals surface area contributed by atoms with Gasteiger partial charge in [-0.1, -0.05) is 0 Å². The quantitative estimate of drug-likeness (QED) is 0.272. The summed E-state index contributed by atoms with van der Waals surface area (Å²) >= 11 is 0. The highest BCUT2D eigenvalue weighted by molar-refractivity contribution is 6.05. The number of nitrogens with one attached hydrogen (secondary N) is 1. The van der Waals surface area contributed by atoms with Crippen molar-refractivity contribution in [3.8, 4) is 28.4 Å². The van der Waals surface area contributed by atoms with Crippen molar-refractivity contribution >= 4 is 28.1 Å². The Morgan fingerprint density at radius 3 is 2.50 bits per heavy atom. The molecular formula is C28H25F2NO5. The van der Waals surface area contributed by atoms with Gasteiger partial charge in [0.05, 0.1) is 32.8 Å². The first-order valence-electron chi connectivity index (χ1n) is 11.2. The van der Waals surface area contributed by atoms with E-state index in [0.717, 1.165) is 22.6 Å². The van der Waals surface area contributed by atoms with E-state index in [-0.39, 0.29) is 5.69 Å². The van der Waals surface area contributed by atoms with Gasteiger partial charge in [0.2, 0.25) is 5.91 Å². The van der Waals surface area contributed by atoms with Crippen LogP contribution >= 0.6 is 0 Å². The fraction of sp³-hybridized carbons (Fsp3) is 0.179. The molecule has 36 heavy (non-hydrogen) atoms. The van der Waals surface area contributed by atoms with E-state index in [2.05, 4.69) is 5.32 Å². The van der Waals surface area contributed by atoms with Crippen molar-refractivity contribution in [2.24, 2.45) is 0 Å². The normalized spacial score (nSPS) is 11.4. The van der Waals surface area contributed by atoms with E-state index in [1.165, 1.54) is 12.1 Å². The number of furan rings is 1. The summed E-state index contributed by atoms with van der Waals surface area (Å²) in [5.41, 5.74) is 3.25. The average molecular weight is 494 g/mol. The second kappa shape index (κ2) is 10.5. The van der Waals surface area contributed by atoms with Crippen molar-refractivity contribution in [3.63, 3.8) is 0 Å². The molecule has 0 saturated heterocycles. The molecule has 0 unspecified atom stereocenters. The molecule has 1 amide bonds. The SMILES string of the molecule is CCOc1cc2occ(-c3cc(OC)ccc3OC)c2cc1/C(C)=C/C(=O)Nc1ccc(F)cc1F. The lowest BCUT2D eigenvalue weighted by atomic mass is 9.98. The first kappa shape index (κ1) is 24.8. The van der Waals surface area contributed by atoms with Crippen molar-refractivity contribution in [1.29, 1.82) is 0 Å². The number of hydrogen-bond acceptors (Lipinski definition) is 5. The molecule has 0 radical (unpaired) electrons. The molecule has 0 saturated carbocycles. The second-order valence-electron chi connectivity index (χ2n) is 7.93. The Hall–Kier alpha value is -4.33. The van der Waals surface area contributed by atoms with Gasteiger partial charge in [0, 0.05) is 40.3 Å². The van der Waals surface area contributed by atoms with Crippen LogP contribution in [-0.4, -0.2) is 26.7 Å². The molecule has 0 atom stereocenters. The Labute approximate surface area is 207 Å². The number of carbonyl (C=O) groups excluding carboxylic acids is 1. The average Bonchev–Trinajstić information content (AvgIpc) is 3.27. The predicted octanol–water partition coefficient (Wildman–Crippen LogP) is 6.84. The summed E-state index contributed by atoms with van der Waals surface area (Å²) < 4.78 is 49.7. The Morgan fingerprint density at radius 1 is 1.00 bits per heavy atom. The van der Waals surface area contributed by atoms with Crippen LogP contribution in [0.4, 0.5) is 14.5 Å². The zero-order valence-corrected chi connectivity index (χ0v) is 20.3. The molecule has 4 aromatic rings. The zero-order chi connectivity index (χ0) is 25.8. The number of ether oxygens (including phenoxy) is 3. The maximum Gasteiger partial charge on any atom is 0.248 e. The van der Waals surface area contributed by atoms with Crippen LogP contribution in [0, 0.1) is 11.6 Å². The van der Waals surface area contributed by atoms with Crippen LogP contribution in [0.5, 0.6) is 17.2 Å². The number of methoxy groups -OCH3 is 2. The van der Waals surface area contributed by atoms with E-state index in [1.807, 2.05) is 25.1 Å². The summed E-state index contributed by atoms with van der Waals surface area (Å²) in [5.74, 6) is -0.328. The van der Waals surface area contributed by atoms with E-state index in [1.54, 1.807) is 39.5 Å². The van der Waals surface area contributed by atoms with Gasteiger partial charge in [-0.15, -0.1) is 0 Å². The molecule has 0 spiro atoms. The largest absolute Gasteiger partial charge is 0.497 e. The standard InChI is InChI=1S/C28H25F2NO5/c1-5-35-26-14-27-21(22(15-36-27)20-12-18(33-3)7-9-25(20)34-4)13-19(26)16(2)10-28(32)31-24-8-6-17(29)11-23(24)30/h6-15H,5H2,1-4H3,(H,31,32)/b16-10+. The van der Waals surface area contributed by atoms with E-state index in [0.29, 0.717) is 46.6 Å². The highest BCUT2D eigenvalue weighted by Gasteiger charge is 2.18. The highest BCUT2D eigenvalue weighted by Crippen LogP contribution is 2.41. The topological polar surface area (TPSA) is 69.9 Å². The molecule has 186 valence electrons. The second-order valence-corrected chi connectivity index (χ2v) is 7.93. The molecule has 0 fully saturated rings. The molecule has 0 aliphatic heterocycles. The van der Waals surface area contributed by atoms with Gasteiger partial charge < -0.3 is 23.9 Å². The Balaban J connectivity index is 1.77. The molecule has 0 bridgehead atoms. The summed E-state index contributed by atoms with van der Waals surface area (Å²) in [4.78, 5) is 12.6. The van der Waals surface area contributed by atoms with Gasteiger partial charge in [-0.05, 0) is 55.8 Å². The number of amides is 1. The van der Waals surface area contributed by atoms with Crippen molar-refractivity contribution in [2.45, 2.75) is 13.8 Å². The maximum atomic E-state index is 14.0. The van der Waals surface area contributed by atoms with E-state index in [4.69, 9.17) is 18.6 Å². The lowest BCUT2D eigenvalue weighted by Crippen LogP contribution is -2.10. The number of hydrogen-bond donors (Lipinski definition) is 1. The number of anilines is 1. The minimum Gasteiger partial charge on any atom is -0.497 e. The van der Waals surface area contributed by atoms with Crippen LogP contribution in [0.3, 0.4) is 0 Å². The number of allylic oxidation sites excluding steroid dienone is 1. The number of carbonyl (C=O) groups is 1. The van der Waals surface area contributed by atoms with Crippen molar-refractivity contribution in [3.05, 3.63) is 78.1 Å². The summed E-state index contributed by atoms with van der Waals surface area (Å²) in [5, 5.41) is 3.22. The molecule has 1 aromatic heterocycles. The molecule has 6 nitrogen and oxygen atoms in total. The lowest BCUT2D eigenvalue weighted by Gasteiger charge is -2.13. The lowest BCUT2D eigenvalue weighted by molar-refractivity contribution is -0.111. The highest BCUT2D eigenvalue weighted by atomic mass is 19.1. The van der Waals surface area contributed by atoms with Crippen molar-refractivity contribution in [1.82, 2.24) is 0 Å². The number of rotatable bonds is 8. The zero-order valence-electron chi connectivity index (χ0n) is 20.3. The van der Waals surface area contributed by atoms with Crippen LogP contribution in [-0.2, 0) is 4.79 Å². The first-order chi connectivity index (χ1) is 17.3.